The summed E-state index contributed by atoms with van der Waals surface area (Å²) in [4.78, 5) is 12.1. The Bertz CT molecular complexity index is 587. The number of amides is 1. The van der Waals surface area contributed by atoms with Crippen LogP contribution in [0.25, 0.3) is 6.08 Å². The Morgan fingerprint density at radius 3 is 2.89 bits per heavy atom. The highest BCUT2D eigenvalue weighted by molar-refractivity contribution is 14.1. The van der Waals surface area contributed by atoms with Gasteiger partial charge >= 0.3 is 0 Å². The van der Waals surface area contributed by atoms with Gasteiger partial charge in [0.05, 0.1) is 15.1 Å². The van der Waals surface area contributed by atoms with Gasteiger partial charge in [-0.05, 0) is 53.3 Å². The van der Waals surface area contributed by atoms with Crippen LogP contribution in [0.1, 0.15) is 12.5 Å². The van der Waals surface area contributed by atoms with E-state index in [1.165, 1.54) is 11.8 Å². The average Bonchev–Trinajstić information content (AvgIpc) is 2.64. The first kappa shape index (κ1) is 14.6. The zero-order valence-electron chi connectivity index (χ0n) is 9.90. The van der Waals surface area contributed by atoms with Crippen LogP contribution >= 0.6 is 46.6 Å². The molecule has 1 saturated heterocycles. The van der Waals surface area contributed by atoms with Gasteiger partial charge in [-0.25, -0.2) is 0 Å². The highest BCUT2D eigenvalue weighted by Gasteiger charge is 2.22. The highest BCUT2D eigenvalue weighted by atomic mass is 127. The summed E-state index contributed by atoms with van der Waals surface area (Å²) < 4.78 is 6.47. The van der Waals surface area contributed by atoms with Crippen molar-refractivity contribution in [2.45, 2.75) is 6.92 Å². The third-order valence-corrected chi connectivity index (χ3v) is 4.28. The number of benzene rings is 1. The Kier molecular flexibility index (Phi) is 4.69. The summed E-state index contributed by atoms with van der Waals surface area (Å²) in [7, 11) is 0. The monoisotopic (exact) mass is 407 g/mol. The molecule has 0 spiro atoms. The molecule has 0 radical (unpaired) electrons. The quantitative estimate of drug-likeness (QED) is 0.459. The first-order valence-electron chi connectivity index (χ1n) is 5.41. The molecule has 0 unspecified atom stereocenters. The number of hydrogen-bond donors (Lipinski definition) is 2. The van der Waals surface area contributed by atoms with Crippen LogP contribution in [0.15, 0.2) is 17.0 Å². The van der Waals surface area contributed by atoms with Crippen LogP contribution in [0.2, 0.25) is 0 Å². The van der Waals surface area contributed by atoms with E-state index in [2.05, 4.69) is 5.32 Å². The van der Waals surface area contributed by atoms with Crippen LogP contribution < -0.4 is 10.1 Å². The first-order chi connectivity index (χ1) is 9.01. The van der Waals surface area contributed by atoms with Crippen molar-refractivity contribution in [2.75, 3.05) is 6.61 Å². The minimum atomic E-state index is -0.198. The number of carbonyl (C=O) groups excluding carboxylic acids is 1. The van der Waals surface area contributed by atoms with Crippen molar-refractivity contribution in [1.29, 1.82) is 0 Å². The lowest BCUT2D eigenvalue weighted by Crippen LogP contribution is -2.17. The molecule has 0 aromatic heterocycles. The molecule has 0 aliphatic carbocycles. The number of rotatable bonds is 3. The number of phenolic OH excluding ortho intramolecular Hbond substituents is 1. The number of hydrogen-bond acceptors (Lipinski definition) is 5. The fourth-order valence-electron chi connectivity index (χ4n) is 1.52. The van der Waals surface area contributed by atoms with Crippen molar-refractivity contribution in [3.63, 3.8) is 0 Å². The molecule has 0 saturated carbocycles. The number of carbonyl (C=O) groups is 1. The summed E-state index contributed by atoms with van der Waals surface area (Å²) in [6.07, 6.45) is 1.73. The van der Waals surface area contributed by atoms with Crippen molar-refractivity contribution in [2.24, 2.45) is 0 Å². The molecular formula is C12H10INO3S2. The van der Waals surface area contributed by atoms with E-state index in [0.717, 1.165) is 5.56 Å². The Hall–Kier alpha value is -0.800. The molecular weight excluding hydrogens is 397 g/mol. The number of halogens is 1. The Morgan fingerprint density at radius 2 is 2.32 bits per heavy atom. The molecule has 7 heteroatoms. The Labute approximate surface area is 133 Å². The van der Waals surface area contributed by atoms with Gasteiger partial charge in [-0.1, -0.05) is 24.0 Å². The molecule has 1 aromatic carbocycles. The molecule has 1 fully saturated rings. The van der Waals surface area contributed by atoms with Gasteiger partial charge < -0.3 is 15.2 Å². The van der Waals surface area contributed by atoms with Crippen molar-refractivity contribution in [1.82, 2.24) is 5.32 Å². The van der Waals surface area contributed by atoms with E-state index in [-0.39, 0.29) is 11.7 Å². The summed E-state index contributed by atoms with van der Waals surface area (Å²) in [5, 5.41) is 12.4. The minimum absolute atomic E-state index is 0.114. The van der Waals surface area contributed by atoms with Gasteiger partial charge in [0.25, 0.3) is 5.91 Å². The molecule has 1 aliphatic heterocycles. The lowest BCUT2D eigenvalue weighted by molar-refractivity contribution is -0.115. The van der Waals surface area contributed by atoms with Crippen molar-refractivity contribution in [3.05, 3.63) is 26.2 Å². The zero-order chi connectivity index (χ0) is 14.0. The van der Waals surface area contributed by atoms with Gasteiger partial charge in [0, 0.05) is 0 Å². The molecule has 1 aromatic rings. The van der Waals surface area contributed by atoms with Crippen LogP contribution in [0.3, 0.4) is 0 Å². The number of nitrogens with one attached hydrogen (secondary N) is 1. The molecule has 0 atom stereocenters. The van der Waals surface area contributed by atoms with E-state index in [9.17, 15) is 9.90 Å². The molecule has 100 valence electrons. The standard InChI is InChI=1S/C12H10INO3S2/c1-2-17-8-4-6(3-7(13)10(8)15)5-9-11(16)14-12(18)19-9/h3-5,15H,2H2,1H3,(H,14,16,18)/b9-5+. The fraction of sp³-hybridized carbons (Fsp3) is 0.167. The molecule has 1 heterocycles. The molecule has 19 heavy (non-hydrogen) atoms. The number of thioether (sulfide) groups is 1. The molecule has 1 aliphatic rings. The maximum Gasteiger partial charge on any atom is 0.263 e. The van der Waals surface area contributed by atoms with Gasteiger partial charge in [-0.3, -0.25) is 4.79 Å². The van der Waals surface area contributed by atoms with Crippen molar-refractivity contribution in [3.8, 4) is 11.5 Å². The summed E-state index contributed by atoms with van der Waals surface area (Å²) in [6, 6.07) is 3.48. The molecule has 2 rings (SSSR count). The van der Waals surface area contributed by atoms with Gasteiger partial charge in [-0.15, -0.1) is 0 Å². The predicted octanol–water partition coefficient (Wildman–Crippen LogP) is 2.88. The second kappa shape index (κ2) is 6.10. The van der Waals surface area contributed by atoms with Gasteiger partial charge in [0.2, 0.25) is 0 Å². The maximum absolute atomic E-state index is 11.6. The molecule has 2 N–H and O–H groups in total. The van der Waals surface area contributed by atoms with Crippen LogP contribution in [0.5, 0.6) is 11.5 Å². The van der Waals surface area contributed by atoms with Crippen LogP contribution in [-0.4, -0.2) is 21.9 Å². The zero-order valence-corrected chi connectivity index (χ0v) is 13.7. The van der Waals surface area contributed by atoms with Gasteiger partial charge in [-0.2, -0.15) is 0 Å². The SMILES string of the molecule is CCOc1cc(/C=C2/SC(=S)NC2=O)cc(I)c1O. The van der Waals surface area contributed by atoms with Gasteiger partial charge in [0.15, 0.2) is 11.5 Å². The molecule has 4 nitrogen and oxygen atoms in total. The number of thiocarbonyl (C=S) groups is 1. The predicted molar refractivity (Wildman–Crippen MR) is 88.3 cm³/mol. The number of phenols is 1. The third-order valence-electron chi connectivity index (χ3n) is 2.29. The largest absolute Gasteiger partial charge is 0.504 e. The number of ether oxygens (including phenoxy) is 1. The second-order valence-corrected chi connectivity index (χ2v) is 6.52. The van der Waals surface area contributed by atoms with Crippen LogP contribution in [0.4, 0.5) is 0 Å². The fourth-order valence-corrected chi connectivity index (χ4v) is 3.18. The van der Waals surface area contributed by atoms with Crippen LogP contribution in [0, 0.1) is 3.57 Å². The first-order valence-corrected chi connectivity index (χ1v) is 7.71. The van der Waals surface area contributed by atoms with E-state index < -0.39 is 0 Å². The Balaban J connectivity index is 2.38. The van der Waals surface area contributed by atoms with E-state index in [1.54, 1.807) is 18.2 Å². The maximum atomic E-state index is 11.6. The van der Waals surface area contributed by atoms with E-state index in [4.69, 9.17) is 17.0 Å². The van der Waals surface area contributed by atoms with E-state index in [1.807, 2.05) is 29.5 Å². The van der Waals surface area contributed by atoms with E-state index >= 15 is 0 Å². The third kappa shape index (κ3) is 3.40. The second-order valence-electron chi connectivity index (χ2n) is 3.63. The molecule has 0 bridgehead atoms. The lowest BCUT2D eigenvalue weighted by atomic mass is 10.2. The summed E-state index contributed by atoms with van der Waals surface area (Å²) >= 11 is 8.17. The minimum Gasteiger partial charge on any atom is -0.504 e. The van der Waals surface area contributed by atoms with Crippen molar-refractivity contribution < 1.29 is 14.6 Å². The normalized spacial score (nSPS) is 16.8. The topological polar surface area (TPSA) is 58.6 Å². The van der Waals surface area contributed by atoms with Crippen LogP contribution in [-0.2, 0) is 4.79 Å². The Morgan fingerprint density at radius 1 is 1.58 bits per heavy atom. The average molecular weight is 407 g/mol. The summed E-state index contributed by atoms with van der Waals surface area (Å²) in [5.41, 5.74) is 0.785. The smallest absolute Gasteiger partial charge is 0.263 e. The number of aromatic hydroxyl groups is 1. The highest BCUT2D eigenvalue weighted by Crippen LogP contribution is 2.34. The van der Waals surface area contributed by atoms with Gasteiger partial charge in [0.1, 0.15) is 4.32 Å². The van der Waals surface area contributed by atoms with Crippen molar-refractivity contribution >= 4 is 62.9 Å². The molecule has 1 amide bonds. The lowest BCUT2D eigenvalue weighted by Gasteiger charge is -2.08. The van der Waals surface area contributed by atoms with E-state index in [0.29, 0.717) is 25.2 Å². The summed E-state index contributed by atoms with van der Waals surface area (Å²) in [6.45, 7) is 2.30. The summed E-state index contributed by atoms with van der Waals surface area (Å²) in [5.74, 6) is 0.326.